The minimum atomic E-state index is -1.16. The maximum absolute atomic E-state index is 13.5. The van der Waals surface area contributed by atoms with Crippen molar-refractivity contribution in [1.29, 1.82) is 0 Å². The van der Waals surface area contributed by atoms with E-state index in [0.717, 1.165) is 6.07 Å². The standard InChI is InChI=1S/C11H5BrCl2F2N2O/c12-4-1-7(15)9(16)8(2-4)19-11-6(14)3-5(13)10(17)18-11/h1-3H,(H2,17,18). The predicted molar refractivity (Wildman–Crippen MR) is 72.8 cm³/mol. The number of ether oxygens (including phenoxy) is 1. The minimum absolute atomic E-state index is 0.0268. The van der Waals surface area contributed by atoms with E-state index in [1.54, 1.807) is 0 Å². The van der Waals surface area contributed by atoms with Crippen molar-refractivity contribution in [3.8, 4) is 11.6 Å². The quantitative estimate of drug-likeness (QED) is 0.773. The zero-order chi connectivity index (χ0) is 14.2. The second-order valence-corrected chi connectivity index (χ2v) is 5.17. The molecule has 19 heavy (non-hydrogen) atoms. The van der Waals surface area contributed by atoms with E-state index in [1.807, 2.05) is 0 Å². The third-order valence-corrected chi connectivity index (χ3v) is 3.12. The highest BCUT2D eigenvalue weighted by Crippen LogP contribution is 2.34. The van der Waals surface area contributed by atoms with Crippen molar-refractivity contribution in [3.63, 3.8) is 0 Å². The molecule has 0 saturated heterocycles. The number of anilines is 1. The van der Waals surface area contributed by atoms with Crippen LogP contribution >= 0.6 is 39.1 Å². The van der Waals surface area contributed by atoms with Crippen LogP contribution in [0.1, 0.15) is 0 Å². The Kier molecular flexibility index (Phi) is 4.13. The molecule has 2 aromatic rings. The number of hydrogen-bond donors (Lipinski definition) is 1. The van der Waals surface area contributed by atoms with E-state index in [-0.39, 0.29) is 27.5 Å². The molecule has 0 atom stereocenters. The number of hydrogen-bond acceptors (Lipinski definition) is 3. The first kappa shape index (κ1) is 14.3. The summed E-state index contributed by atoms with van der Waals surface area (Å²) in [7, 11) is 0. The number of nitrogens with two attached hydrogens (primary N) is 1. The first-order valence-corrected chi connectivity index (χ1v) is 6.37. The van der Waals surface area contributed by atoms with Gasteiger partial charge >= 0.3 is 0 Å². The molecule has 2 rings (SSSR count). The van der Waals surface area contributed by atoms with Crippen LogP contribution < -0.4 is 10.5 Å². The second-order valence-electron chi connectivity index (χ2n) is 3.44. The Morgan fingerprint density at radius 2 is 1.84 bits per heavy atom. The highest BCUT2D eigenvalue weighted by atomic mass is 79.9. The molecule has 1 aromatic carbocycles. The van der Waals surface area contributed by atoms with Gasteiger partial charge in [-0.1, -0.05) is 39.1 Å². The Balaban J connectivity index is 2.44. The molecule has 8 heteroatoms. The van der Waals surface area contributed by atoms with Gasteiger partial charge in [-0.15, -0.1) is 0 Å². The summed E-state index contributed by atoms with van der Waals surface area (Å²) in [5, 5.41) is 0.164. The van der Waals surface area contributed by atoms with Crippen molar-refractivity contribution in [2.75, 3.05) is 5.73 Å². The number of benzene rings is 1. The molecule has 0 bridgehead atoms. The number of rotatable bonds is 2. The molecule has 100 valence electrons. The number of nitrogen functional groups attached to an aromatic ring is 1. The van der Waals surface area contributed by atoms with E-state index in [2.05, 4.69) is 20.9 Å². The van der Waals surface area contributed by atoms with Crippen molar-refractivity contribution in [1.82, 2.24) is 4.98 Å². The van der Waals surface area contributed by atoms with Gasteiger partial charge in [-0.2, -0.15) is 9.37 Å². The zero-order valence-electron chi connectivity index (χ0n) is 9.05. The van der Waals surface area contributed by atoms with Crippen LogP contribution in [-0.2, 0) is 0 Å². The van der Waals surface area contributed by atoms with Crippen LogP contribution in [0, 0.1) is 11.6 Å². The SMILES string of the molecule is Nc1nc(Oc2cc(Br)cc(F)c2F)c(Cl)cc1Cl. The van der Waals surface area contributed by atoms with Crippen LogP contribution in [0.15, 0.2) is 22.7 Å². The molecule has 0 aliphatic rings. The van der Waals surface area contributed by atoms with E-state index >= 15 is 0 Å². The van der Waals surface area contributed by atoms with Crippen LogP contribution in [-0.4, -0.2) is 4.98 Å². The van der Waals surface area contributed by atoms with Crippen LogP contribution in [0.25, 0.3) is 0 Å². The average Bonchev–Trinajstić information content (AvgIpc) is 2.32. The Morgan fingerprint density at radius 1 is 1.16 bits per heavy atom. The molecule has 1 aromatic heterocycles. The third-order valence-electron chi connectivity index (χ3n) is 2.09. The van der Waals surface area contributed by atoms with Gasteiger partial charge in [-0.3, -0.25) is 0 Å². The molecule has 2 N–H and O–H groups in total. The van der Waals surface area contributed by atoms with Gasteiger partial charge in [0.25, 0.3) is 0 Å². The van der Waals surface area contributed by atoms with Gasteiger partial charge in [0.15, 0.2) is 11.6 Å². The molecule has 0 amide bonds. The fourth-order valence-corrected chi connectivity index (χ4v) is 2.05. The number of halogens is 5. The van der Waals surface area contributed by atoms with Crippen molar-refractivity contribution < 1.29 is 13.5 Å². The lowest BCUT2D eigenvalue weighted by molar-refractivity contribution is 0.405. The lowest BCUT2D eigenvalue weighted by Gasteiger charge is -2.09. The number of pyridine rings is 1. The van der Waals surface area contributed by atoms with Gasteiger partial charge in [0.1, 0.15) is 10.8 Å². The maximum Gasteiger partial charge on any atom is 0.240 e. The number of aromatic nitrogens is 1. The van der Waals surface area contributed by atoms with E-state index < -0.39 is 11.6 Å². The molecule has 0 aliphatic carbocycles. The summed E-state index contributed by atoms with van der Waals surface area (Å²) >= 11 is 14.5. The summed E-state index contributed by atoms with van der Waals surface area (Å²) in [6, 6.07) is 3.50. The van der Waals surface area contributed by atoms with E-state index in [4.69, 9.17) is 33.7 Å². The molecular weight excluding hydrogens is 365 g/mol. The first-order valence-electron chi connectivity index (χ1n) is 4.82. The predicted octanol–water partition coefficient (Wildman–Crippen LogP) is 4.80. The van der Waals surface area contributed by atoms with Crippen molar-refractivity contribution in [2.24, 2.45) is 0 Å². The summed E-state index contributed by atoms with van der Waals surface area (Å²) in [6.07, 6.45) is 0. The lowest BCUT2D eigenvalue weighted by atomic mass is 10.3. The number of nitrogens with zero attached hydrogens (tertiary/aromatic N) is 1. The Bertz CT molecular complexity index is 655. The third kappa shape index (κ3) is 3.08. The van der Waals surface area contributed by atoms with E-state index in [9.17, 15) is 8.78 Å². The minimum Gasteiger partial charge on any atom is -0.434 e. The molecule has 0 fully saturated rings. The van der Waals surface area contributed by atoms with Gasteiger partial charge in [0, 0.05) is 4.47 Å². The van der Waals surface area contributed by atoms with Crippen molar-refractivity contribution in [2.45, 2.75) is 0 Å². The summed E-state index contributed by atoms with van der Waals surface area (Å²) in [5.41, 5.74) is 5.48. The molecule has 0 radical (unpaired) electrons. The van der Waals surface area contributed by atoms with Crippen molar-refractivity contribution >= 4 is 44.9 Å². The Hall–Kier alpha value is -1.11. The van der Waals surface area contributed by atoms with E-state index in [0.29, 0.717) is 4.47 Å². The molecule has 1 heterocycles. The Labute approximate surface area is 125 Å². The van der Waals surface area contributed by atoms with Crippen LogP contribution in [0.3, 0.4) is 0 Å². The molecular formula is C11H5BrCl2F2N2O. The molecule has 0 saturated carbocycles. The molecule has 0 aliphatic heterocycles. The van der Waals surface area contributed by atoms with Gasteiger partial charge < -0.3 is 10.5 Å². The largest absolute Gasteiger partial charge is 0.434 e. The van der Waals surface area contributed by atoms with Crippen LogP contribution in [0.5, 0.6) is 11.6 Å². The van der Waals surface area contributed by atoms with Gasteiger partial charge in [0.05, 0.1) is 5.02 Å². The fourth-order valence-electron chi connectivity index (χ4n) is 1.25. The van der Waals surface area contributed by atoms with Gasteiger partial charge in [-0.05, 0) is 18.2 Å². The lowest BCUT2D eigenvalue weighted by Crippen LogP contribution is -1.98. The fraction of sp³-hybridized carbons (Fsp3) is 0. The highest BCUT2D eigenvalue weighted by Gasteiger charge is 2.15. The summed E-state index contributed by atoms with van der Waals surface area (Å²) in [5.74, 6) is -2.79. The summed E-state index contributed by atoms with van der Waals surface area (Å²) in [4.78, 5) is 3.76. The normalized spacial score (nSPS) is 10.6. The average molecular weight is 370 g/mol. The Morgan fingerprint density at radius 3 is 2.53 bits per heavy atom. The van der Waals surface area contributed by atoms with E-state index in [1.165, 1.54) is 12.1 Å². The molecule has 0 unspecified atom stereocenters. The first-order chi connectivity index (χ1) is 8.88. The zero-order valence-corrected chi connectivity index (χ0v) is 12.2. The van der Waals surface area contributed by atoms with Gasteiger partial charge in [-0.25, -0.2) is 4.39 Å². The van der Waals surface area contributed by atoms with Crippen LogP contribution in [0.2, 0.25) is 10.0 Å². The van der Waals surface area contributed by atoms with Crippen LogP contribution in [0.4, 0.5) is 14.6 Å². The smallest absolute Gasteiger partial charge is 0.240 e. The highest BCUT2D eigenvalue weighted by molar-refractivity contribution is 9.10. The molecule has 0 spiro atoms. The molecule has 3 nitrogen and oxygen atoms in total. The maximum atomic E-state index is 13.5. The summed E-state index contributed by atoms with van der Waals surface area (Å²) < 4.78 is 32.1. The summed E-state index contributed by atoms with van der Waals surface area (Å²) in [6.45, 7) is 0. The van der Waals surface area contributed by atoms with Crippen molar-refractivity contribution in [3.05, 3.63) is 44.4 Å². The topological polar surface area (TPSA) is 48.1 Å². The second kappa shape index (κ2) is 5.48. The monoisotopic (exact) mass is 368 g/mol. The van der Waals surface area contributed by atoms with Gasteiger partial charge in [0.2, 0.25) is 11.7 Å².